The van der Waals surface area contributed by atoms with Gasteiger partial charge in [0.05, 0.1) is 16.7 Å². The van der Waals surface area contributed by atoms with Crippen molar-refractivity contribution >= 4 is 47.0 Å². The Morgan fingerprint density at radius 3 is 2.40 bits per heavy atom. The summed E-state index contributed by atoms with van der Waals surface area (Å²) < 4.78 is 5.94. The normalized spacial score (nSPS) is 11.0. The van der Waals surface area contributed by atoms with Crippen LogP contribution in [0.25, 0.3) is 6.08 Å². The van der Waals surface area contributed by atoms with Gasteiger partial charge in [-0.2, -0.15) is 0 Å². The summed E-state index contributed by atoms with van der Waals surface area (Å²) in [5.41, 5.74) is 2.91. The molecule has 0 atom stereocenters. The van der Waals surface area contributed by atoms with E-state index in [9.17, 15) is 4.79 Å². The lowest BCUT2D eigenvalue weighted by molar-refractivity contribution is -0.131. The molecule has 3 aromatic carbocycles. The van der Waals surface area contributed by atoms with Gasteiger partial charge in [0, 0.05) is 28.7 Å². The van der Waals surface area contributed by atoms with Crippen LogP contribution in [0, 0.1) is 0 Å². The van der Waals surface area contributed by atoms with Gasteiger partial charge < -0.3 is 9.84 Å². The molecule has 0 bridgehead atoms. The smallest absolute Gasteiger partial charge is 0.328 e. The Hall–Kier alpha value is -2.40. The summed E-state index contributed by atoms with van der Waals surface area (Å²) in [5, 5.41) is 10.2. The van der Waals surface area contributed by atoms with Crippen LogP contribution in [0.15, 0.2) is 77.7 Å². The first kappa shape index (κ1) is 22.3. The molecule has 30 heavy (non-hydrogen) atoms. The monoisotopic (exact) mass is 458 g/mol. The molecule has 1 N–H and O–H groups in total. The molecule has 6 heteroatoms. The van der Waals surface area contributed by atoms with Crippen molar-refractivity contribution in [3.05, 3.63) is 99.5 Å². The topological polar surface area (TPSA) is 46.5 Å². The molecule has 0 unspecified atom stereocenters. The van der Waals surface area contributed by atoms with Gasteiger partial charge in [-0.15, -0.1) is 11.8 Å². The number of rotatable bonds is 9. The minimum atomic E-state index is -1.01. The molecule has 0 aliphatic rings. The maximum atomic E-state index is 11.0. The van der Waals surface area contributed by atoms with E-state index in [0.717, 1.165) is 23.0 Å². The van der Waals surface area contributed by atoms with Crippen LogP contribution in [0.1, 0.15) is 16.7 Å². The zero-order valence-corrected chi connectivity index (χ0v) is 18.4. The Bertz CT molecular complexity index is 1020. The Morgan fingerprint density at radius 1 is 0.967 bits per heavy atom. The summed E-state index contributed by atoms with van der Waals surface area (Å²) in [4.78, 5) is 11.8. The molecule has 0 aliphatic heterocycles. The number of benzene rings is 3. The molecule has 0 amide bonds. The average molecular weight is 459 g/mol. The fourth-order valence-electron chi connectivity index (χ4n) is 2.81. The fourth-order valence-corrected chi connectivity index (χ4v) is 4.44. The highest BCUT2D eigenvalue weighted by molar-refractivity contribution is 7.98. The van der Waals surface area contributed by atoms with Gasteiger partial charge in [-0.05, 0) is 41.5 Å². The van der Waals surface area contributed by atoms with Crippen molar-refractivity contribution < 1.29 is 14.6 Å². The summed E-state index contributed by atoms with van der Waals surface area (Å²) in [7, 11) is 0. The third kappa shape index (κ3) is 6.56. The zero-order valence-electron chi connectivity index (χ0n) is 16.1. The quantitative estimate of drug-likeness (QED) is 0.276. The maximum Gasteiger partial charge on any atom is 0.328 e. The summed E-state index contributed by atoms with van der Waals surface area (Å²) in [6, 6.07) is 21.3. The molecule has 0 spiro atoms. The second kappa shape index (κ2) is 11.1. The summed E-state index contributed by atoms with van der Waals surface area (Å²) in [6.45, 7) is 0.501. The molecule has 0 radical (unpaired) electrons. The van der Waals surface area contributed by atoms with Gasteiger partial charge in [-0.1, -0.05) is 65.7 Å². The number of carboxylic acid groups (broad SMARTS) is 1. The van der Waals surface area contributed by atoms with Gasteiger partial charge in [0.25, 0.3) is 0 Å². The fraction of sp³-hybridized carbons (Fsp3) is 0.125. The maximum absolute atomic E-state index is 11.0. The van der Waals surface area contributed by atoms with Crippen molar-refractivity contribution in [3.63, 3.8) is 0 Å². The Balaban J connectivity index is 1.72. The number of carboxylic acids is 1. The van der Waals surface area contributed by atoms with E-state index >= 15 is 0 Å². The van der Waals surface area contributed by atoms with Crippen molar-refractivity contribution in [2.75, 3.05) is 6.61 Å². The predicted octanol–water partition coefficient (Wildman–Crippen LogP) is 7.01. The molecule has 0 heterocycles. The van der Waals surface area contributed by atoms with Crippen LogP contribution in [-0.2, 0) is 17.0 Å². The van der Waals surface area contributed by atoms with Crippen LogP contribution in [0.5, 0.6) is 5.75 Å². The SMILES string of the molecule is O=C(O)/C=C/c1cc(CSc2c(Cl)cccc2Cl)ccc1OCCc1ccccc1. The van der Waals surface area contributed by atoms with Crippen LogP contribution in [0.4, 0.5) is 0 Å². The summed E-state index contributed by atoms with van der Waals surface area (Å²) >= 11 is 14.0. The molecule has 3 rings (SSSR count). The third-order valence-electron chi connectivity index (χ3n) is 4.27. The Morgan fingerprint density at radius 2 is 1.70 bits per heavy atom. The van der Waals surface area contributed by atoms with Gasteiger partial charge in [0.15, 0.2) is 0 Å². The minimum Gasteiger partial charge on any atom is -0.493 e. The lowest BCUT2D eigenvalue weighted by Gasteiger charge is -2.12. The van der Waals surface area contributed by atoms with E-state index in [-0.39, 0.29) is 0 Å². The molecule has 3 nitrogen and oxygen atoms in total. The van der Waals surface area contributed by atoms with Crippen LogP contribution in [0.3, 0.4) is 0 Å². The van der Waals surface area contributed by atoms with Crippen molar-refractivity contribution in [3.8, 4) is 5.75 Å². The van der Waals surface area contributed by atoms with E-state index in [1.807, 2.05) is 42.5 Å². The second-order valence-electron chi connectivity index (χ2n) is 6.47. The van der Waals surface area contributed by atoms with E-state index < -0.39 is 5.97 Å². The molecule has 3 aromatic rings. The van der Waals surface area contributed by atoms with E-state index in [2.05, 4.69) is 12.1 Å². The van der Waals surface area contributed by atoms with E-state index in [4.69, 9.17) is 33.0 Å². The highest BCUT2D eigenvalue weighted by Crippen LogP contribution is 2.36. The standard InChI is InChI=1S/C24H20Cl2O3S/c25-20-7-4-8-21(26)24(20)30-16-18-9-11-22(19(15-18)10-12-23(27)28)29-14-13-17-5-2-1-3-6-17/h1-12,15H,13-14,16H2,(H,27,28)/b12-10+. The minimum absolute atomic E-state index is 0.501. The first-order valence-electron chi connectivity index (χ1n) is 9.30. The van der Waals surface area contributed by atoms with Gasteiger partial charge in [-0.3, -0.25) is 0 Å². The lowest BCUT2D eigenvalue weighted by atomic mass is 10.1. The lowest BCUT2D eigenvalue weighted by Crippen LogP contribution is -2.03. The van der Waals surface area contributed by atoms with Gasteiger partial charge in [0.1, 0.15) is 5.75 Å². The molecule has 0 fully saturated rings. The van der Waals surface area contributed by atoms with Crippen LogP contribution >= 0.6 is 35.0 Å². The zero-order chi connectivity index (χ0) is 21.3. The van der Waals surface area contributed by atoms with Crippen molar-refractivity contribution in [2.24, 2.45) is 0 Å². The van der Waals surface area contributed by atoms with Crippen molar-refractivity contribution in [1.82, 2.24) is 0 Å². The highest BCUT2D eigenvalue weighted by Gasteiger charge is 2.09. The predicted molar refractivity (Wildman–Crippen MR) is 125 cm³/mol. The molecule has 0 saturated carbocycles. The van der Waals surface area contributed by atoms with Crippen LogP contribution in [0.2, 0.25) is 10.0 Å². The highest BCUT2D eigenvalue weighted by atomic mass is 35.5. The summed E-state index contributed by atoms with van der Waals surface area (Å²) in [6.07, 6.45) is 3.43. The molecular formula is C24H20Cl2O3S. The molecule has 0 saturated heterocycles. The number of hydrogen-bond donors (Lipinski definition) is 1. The van der Waals surface area contributed by atoms with E-state index in [1.165, 1.54) is 17.3 Å². The van der Waals surface area contributed by atoms with E-state index in [1.54, 1.807) is 18.2 Å². The number of thioether (sulfide) groups is 1. The molecule has 0 aliphatic carbocycles. The molecule has 154 valence electrons. The third-order valence-corrected chi connectivity index (χ3v) is 6.33. The Kier molecular flexibility index (Phi) is 8.26. The Labute approximate surface area is 190 Å². The largest absolute Gasteiger partial charge is 0.493 e. The van der Waals surface area contributed by atoms with Crippen molar-refractivity contribution in [1.29, 1.82) is 0 Å². The summed E-state index contributed by atoms with van der Waals surface area (Å²) in [5.74, 6) is 0.280. The molecule has 0 aromatic heterocycles. The first-order valence-corrected chi connectivity index (χ1v) is 11.0. The van der Waals surface area contributed by atoms with Gasteiger partial charge >= 0.3 is 5.97 Å². The van der Waals surface area contributed by atoms with Gasteiger partial charge in [-0.25, -0.2) is 4.79 Å². The second-order valence-corrected chi connectivity index (χ2v) is 8.27. The number of hydrogen-bond acceptors (Lipinski definition) is 3. The number of halogens is 2. The van der Waals surface area contributed by atoms with Crippen molar-refractivity contribution in [2.45, 2.75) is 17.1 Å². The van der Waals surface area contributed by atoms with Crippen LogP contribution < -0.4 is 4.74 Å². The van der Waals surface area contributed by atoms with E-state index in [0.29, 0.717) is 33.7 Å². The molecular weight excluding hydrogens is 439 g/mol. The van der Waals surface area contributed by atoms with Crippen LogP contribution in [-0.4, -0.2) is 17.7 Å². The first-order chi connectivity index (χ1) is 14.5. The number of carbonyl (C=O) groups is 1. The number of aliphatic carboxylic acids is 1. The number of ether oxygens (including phenoxy) is 1. The average Bonchev–Trinajstić information content (AvgIpc) is 2.73. The van der Waals surface area contributed by atoms with Gasteiger partial charge in [0.2, 0.25) is 0 Å².